The van der Waals surface area contributed by atoms with Crippen LogP contribution >= 0.6 is 11.6 Å². The summed E-state index contributed by atoms with van der Waals surface area (Å²) < 4.78 is 17.5. The molecule has 1 aliphatic rings. The molecule has 2 aromatic carbocycles. The molecule has 7 nitrogen and oxygen atoms in total. The summed E-state index contributed by atoms with van der Waals surface area (Å²) in [4.78, 5) is 20.2. The van der Waals surface area contributed by atoms with E-state index in [-0.39, 0.29) is 23.8 Å². The molecule has 9 heteroatoms. The molecule has 1 saturated heterocycles. The normalized spacial score (nSPS) is 18.9. The summed E-state index contributed by atoms with van der Waals surface area (Å²) in [6.45, 7) is 7.30. The lowest BCUT2D eigenvalue weighted by molar-refractivity contribution is 0.206. The molecule has 3 aromatic rings. The quantitative estimate of drug-likeness (QED) is 0.457. The largest absolute Gasteiger partial charge is 0.611 e. The van der Waals surface area contributed by atoms with Gasteiger partial charge in [-0.25, -0.2) is 4.79 Å². The van der Waals surface area contributed by atoms with Crippen molar-refractivity contribution < 1.29 is 13.9 Å². The van der Waals surface area contributed by atoms with Gasteiger partial charge in [-0.3, -0.25) is 0 Å². The summed E-state index contributed by atoms with van der Waals surface area (Å²) in [5.74, 6) is 1.82. The highest BCUT2D eigenvalue weighted by atomic mass is 35.5. The van der Waals surface area contributed by atoms with Crippen LogP contribution in [0.2, 0.25) is 5.02 Å². The number of rotatable bonds is 7. The van der Waals surface area contributed by atoms with Gasteiger partial charge in [0.05, 0.1) is 5.92 Å². The van der Waals surface area contributed by atoms with Crippen LogP contribution in [0.25, 0.3) is 0 Å². The minimum atomic E-state index is -0.986. The predicted molar refractivity (Wildman–Crippen MR) is 133 cm³/mol. The van der Waals surface area contributed by atoms with Crippen molar-refractivity contribution >= 4 is 28.8 Å². The number of benzene rings is 2. The Morgan fingerprint density at radius 2 is 1.97 bits per heavy atom. The minimum absolute atomic E-state index is 0.00628. The Hall–Kier alpha value is -2.55. The summed E-state index contributed by atoms with van der Waals surface area (Å²) in [6.07, 6.45) is 0. The average molecular weight is 501 g/mol. The first-order chi connectivity index (χ1) is 16.4. The number of urea groups is 1. The second kappa shape index (κ2) is 10.8. The Kier molecular flexibility index (Phi) is 7.80. The molecule has 180 valence electrons. The van der Waals surface area contributed by atoms with Gasteiger partial charge < -0.3 is 19.3 Å². The highest BCUT2D eigenvalue weighted by Crippen LogP contribution is 2.40. The Bertz CT molecular complexity index is 1120. The van der Waals surface area contributed by atoms with E-state index in [2.05, 4.69) is 15.5 Å². The fraction of sp³-hybridized carbons (Fsp3) is 0.400. The average Bonchev–Trinajstić information content (AvgIpc) is 3.50. The first-order valence-corrected chi connectivity index (χ1v) is 13.1. The number of carbonyl (C=O) groups excluding carboxylic acids is 1. The Labute approximate surface area is 208 Å². The lowest BCUT2D eigenvalue weighted by Crippen LogP contribution is -2.38. The van der Waals surface area contributed by atoms with Gasteiger partial charge in [-0.2, -0.15) is 4.98 Å². The number of nitrogens with zero attached hydrogens (tertiary/aromatic N) is 3. The van der Waals surface area contributed by atoms with E-state index in [1.54, 1.807) is 4.90 Å². The first kappa shape index (κ1) is 24.6. The zero-order valence-electron chi connectivity index (χ0n) is 19.5. The number of nitrogens with one attached hydrogen (secondary N) is 1. The zero-order valence-corrected chi connectivity index (χ0v) is 21.1. The van der Waals surface area contributed by atoms with Crippen molar-refractivity contribution in [2.75, 3.05) is 18.8 Å². The van der Waals surface area contributed by atoms with E-state index in [1.165, 1.54) is 0 Å². The zero-order chi connectivity index (χ0) is 24.2. The van der Waals surface area contributed by atoms with Crippen molar-refractivity contribution in [3.05, 3.63) is 76.4 Å². The van der Waals surface area contributed by atoms with E-state index in [0.717, 1.165) is 16.0 Å². The van der Waals surface area contributed by atoms with Crippen molar-refractivity contribution in [2.24, 2.45) is 0 Å². The fourth-order valence-electron chi connectivity index (χ4n) is 4.14. The molecule has 3 atom stereocenters. The number of aromatic nitrogens is 2. The molecule has 1 fully saturated rings. The summed E-state index contributed by atoms with van der Waals surface area (Å²) >= 11 is 5.27. The smallest absolute Gasteiger partial charge is 0.317 e. The van der Waals surface area contributed by atoms with Crippen LogP contribution in [0.4, 0.5) is 4.79 Å². The third-order valence-corrected chi connectivity index (χ3v) is 7.62. The third-order valence-electron chi connectivity index (χ3n) is 6.07. The lowest BCUT2D eigenvalue weighted by atomic mass is 9.89. The predicted octanol–water partition coefficient (Wildman–Crippen LogP) is 5.07. The topological polar surface area (TPSA) is 94.3 Å². The lowest BCUT2D eigenvalue weighted by Gasteiger charge is -2.17. The molecule has 0 aliphatic carbocycles. The maximum absolute atomic E-state index is 13.0. The Balaban J connectivity index is 1.47. The van der Waals surface area contributed by atoms with Crippen LogP contribution in [-0.2, 0) is 17.7 Å². The molecule has 2 amide bonds. The molecule has 3 unspecified atom stereocenters. The Morgan fingerprint density at radius 1 is 1.24 bits per heavy atom. The highest BCUT2D eigenvalue weighted by Gasteiger charge is 2.40. The first-order valence-electron chi connectivity index (χ1n) is 11.4. The van der Waals surface area contributed by atoms with Gasteiger partial charge in [-0.15, -0.1) is 0 Å². The molecule has 1 aromatic heterocycles. The van der Waals surface area contributed by atoms with Gasteiger partial charge in [0.1, 0.15) is 5.75 Å². The summed E-state index contributed by atoms with van der Waals surface area (Å²) in [5.41, 5.74) is 1.99. The molecule has 1 N–H and O–H groups in total. The second-order valence-corrected chi connectivity index (χ2v) is 10.9. The molecule has 4 rings (SSSR count). The van der Waals surface area contributed by atoms with Crippen LogP contribution in [0.1, 0.15) is 61.4 Å². The molecule has 2 heterocycles. The number of halogens is 1. The molecule has 1 aliphatic heterocycles. The van der Waals surface area contributed by atoms with Crippen molar-refractivity contribution in [3.63, 3.8) is 0 Å². The molecular formula is C25H29ClN4O3S. The van der Waals surface area contributed by atoms with E-state index < -0.39 is 11.2 Å². The summed E-state index contributed by atoms with van der Waals surface area (Å²) in [7, 11) is 0. The van der Waals surface area contributed by atoms with Gasteiger partial charge in [0.25, 0.3) is 0 Å². The number of carbonyl (C=O) groups is 1. The number of amides is 2. The van der Waals surface area contributed by atoms with E-state index in [1.807, 2.05) is 69.3 Å². The number of likely N-dealkylation sites (tertiary alicyclic amines) is 1. The number of hydrogen-bond acceptors (Lipinski definition) is 5. The summed E-state index contributed by atoms with van der Waals surface area (Å²) in [5, 5.41) is 7.78. The van der Waals surface area contributed by atoms with Gasteiger partial charge in [-0.05, 0) is 53.5 Å². The van der Waals surface area contributed by atoms with Crippen molar-refractivity contribution in [2.45, 2.75) is 50.0 Å². The monoisotopic (exact) mass is 500 g/mol. The molecule has 0 bridgehead atoms. The van der Waals surface area contributed by atoms with E-state index in [9.17, 15) is 9.35 Å². The molecule has 0 saturated carbocycles. The Morgan fingerprint density at radius 3 is 2.62 bits per heavy atom. The highest BCUT2D eigenvalue weighted by molar-refractivity contribution is 7.91. The third kappa shape index (κ3) is 5.56. The fourth-order valence-corrected chi connectivity index (χ4v) is 5.11. The van der Waals surface area contributed by atoms with Gasteiger partial charge in [0, 0.05) is 36.5 Å². The van der Waals surface area contributed by atoms with Crippen LogP contribution in [0.5, 0.6) is 0 Å². The molecule has 0 radical (unpaired) electrons. The van der Waals surface area contributed by atoms with Crippen LogP contribution in [0.3, 0.4) is 0 Å². The van der Waals surface area contributed by atoms with Crippen LogP contribution in [-0.4, -0.2) is 44.5 Å². The van der Waals surface area contributed by atoms with Gasteiger partial charge in [0.2, 0.25) is 5.89 Å². The second-order valence-electron chi connectivity index (χ2n) is 8.76. The maximum Gasteiger partial charge on any atom is 0.317 e. The maximum atomic E-state index is 13.0. The molecular weight excluding hydrogens is 472 g/mol. The minimum Gasteiger partial charge on any atom is -0.611 e. The van der Waals surface area contributed by atoms with Gasteiger partial charge in [0.15, 0.2) is 10.7 Å². The van der Waals surface area contributed by atoms with Gasteiger partial charge in [-0.1, -0.05) is 54.9 Å². The number of hydrogen-bond donors (Lipinski definition) is 1. The van der Waals surface area contributed by atoms with E-state index in [4.69, 9.17) is 16.1 Å². The molecule has 34 heavy (non-hydrogen) atoms. The summed E-state index contributed by atoms with van der Waals surface area (Å²) in [6, 6.07) is 15.1. The van der Waals surface area contributed by atoms with Crippen molar-refractivity contribution in [1.29, 1.82) is 0 Å². The van der Waals surface area contributed by atoms with E-state index >= 15 is 0 Å². The molecule has 0 spiro atoms. The van der Waals surface area contributed by atoms with Crippen molar-refractivity contribution in [1.82, 2.24) is 20.4 Å². The van der Waals surface area contributed by atoms with Crippen molar-refractivity contribution in [3.8, 4) is 0 Å². The van der Waals surface area contributed by atoms with Crippen LogP contribution < -0.4 is 5.32 Å². The van der Waals surface area contributed by atoms with Crippen LogP contribution in [0, 0.1) is 0 Å². The van der Waals surface area contributed by atoms with E-state index in [0.29, 0.717) is 42.1 Å². The standard InChI is InChI=1S/C25H29ClN4O3S/c1-4-34(32)20-10-8-17(9-11-20)13-27-25(31)30-14-21(18-6-5-7-19(26)12-18)22(15-30)24-28-23(16(2)3)29-33-24/h5-12,16,21-22H,4,13-15H2,1-3H3,(H,27,31). The van der Waals surface area contributed by atoms with Crippen LogP contribution in [0.15, 0.2) is 57.9 Å². The van der Waals surface area contributed by atoms with Gasteiger partial charge >= 0.3 is 6.03 Å². The SMILES string of the molecule is CC[S+]([O-])c1ccc(CNC(=O)N2CC(c3cccc(Cl)c3)C(c3nc(C(C)C)no3)C2)cc1.